The predicted octanol–water partition coefficient (Wildman–Crippen LogP) is 3.96. The molecule has 22 heavy (non-hydrogen) atoms. The van der Waals surface area contributed by atoms with Crippen molar-refractivity contribution in [3.05, 3.63) is 41.4 Å². The maximum Gasteiger partial charge on any atom is 0.338 e. The van der Waals surface area contributed by atoms with E-state index in [2.05, 4.69) is 12.6 Å². The summed E-state index contributed by atoms with van der Waals surface area (Å²) in [7, 11) is 1.66. The maximum atomic E-state index is 11.5. The van der Waals surface area contributed by atoms with Gasteiger partial charge in [0.05, 0.1) is 17.8 Å². The summed E-state index contributed by atoms with van der Waals surface area (Å²) in [4.78, 5) is 11.5. The van der Waals surface area contributed by atoms with Gasteiger partial charge in [-0.1, -0.05) is 24.2 Å². The third kappa shape index (κ3) is 5.54. The summed E-state index contributed by atoms with van der Waals surface area (Å²) in [5, 5.41) is 0. The van der Waals surface area contributed by atoms with Crippen molar-refractivity contribution in [1.29, 1.82) is 0 Å². The molecule has 0 saturated carbocycles. The van der Waals surface area contributed by atoms with E-state index in [-0.39, 0.29) is 16.3 Å². The van der Waals surface area contributed by atoms with Crippen LogP contribution in [0, 0.1) is 0 Å². The van der Waals surface area contributed by atoms with Crippen molar-refractivity contribution < 1.29 is 14.2 Å². The highest BCUT2D eigenvalue weighted by atomic mass is 32.1. The normalized spacial score (nSPS) is 12.5. The Balaban J connectivity index is 2.56. The van der Waals surface area contributed by atoms with Gasteiger partial charge in [0, 0.05) is 4.75 Å². The lowest BCUT2D eigenvalue weighted by Crippen LogP contribution is -2.43. The van der Waals surface area contributed by atoms with Gasteiger partial charge < -0.3 is 9.39 Å². The van der Waals surface area contributed by atoms with Crippen LogP contribution in [-0.2, 0) is 9.39 Å². The quantitative estimate of drug-likeness (QED) is 0.469. The lowest BCUT2D eigenvalue weighted by molar-refractivity contribution is 0.0526. The van der Waals surface area contributed by atoms with E-state index in [1.807, 2.05) is 51.9 Å². The van der Waals surface area contributed by atoms with E-state index in [4.69, 9.17) is 9.39 Å². The van der Waals surface area contributed by atoms with Crippen molar-refractivity contribution >= 4 is 32.2 Å². The fourth-order valence-corrected chi connectivity index (χ4v) is 1.50. The average molecular weight is 319 g/mol. The molecule has 0 spiro atoms. The van der Waals surface area contributed by atoms with E-state index in [1.165, 1.54) is 0 Å². The molecule has 0 saturated heterocycles. The van der Waals surface area contributed by atoms with Crippen molar-refractivity contribution in [2.45, 2.75) is 45.0 Å². The number of rotatable bonds is 7. The minimum absolute atomic E-state index is 0.251. The molecule has 0 atom stereocenters. The Hall–Kier alpha value is -1.20. The minimum Gasteiger partial charge on any atom is -0.462 e. The third-order valence-corrected chi connectivity index (χ3v) is 4.16. The van der Waals surface area contributed by atoms with Crippen molar-refractivity contribution in [2.24, 2.45) is 0 Å². The molecule has 0 aliphatic heterocycles. The molecule has 119 valence electrons. The molecular formula is C17H24BO3S. The van der Waals surface area contributed by atoms with Crippen LogP contribution in [0.15, 0.2) is 30.2 Å². The van der Waals surface area contributed by atoms with Crippen LogP contribution < -0.4 is 0 Å². The van der Waals surface area contributed by atoms with Gasteiger partial charge in [0.2, 0.25) is 0 Å². The zero-order chi connectivity index (χ0) is 16.8. The second-order valence-electron chi connectivity index (χ2n) is 6.02. The number of thiol groups is 1. The molecule has 0 amide bonds. The molecule has 3 nitrogen and oxygen atoms in total. The number of ether oxygens (including phenoxy) is 1. The summed E-state index contributed by atoms with van der Waals surface area (Å²) in [6.45, 7) is 10.2. The molecule has 0 N–H and O–H groups in total. The highest BCUT2D eigenvalue weighted by Crippen LogP contribution is 2.30. The topological polar surface area (TPSA) is 35.5 Å². The van der Waals surface area contributed by atoms with Gasteiger partial charge in [-0.15, -0.1) is 0 Å². The summed E-state index contributed by atoms with van der Waals surface area (Å²) in [6.07, 6.45) is 1.91. The predicted molar refractivity (Wildman–Crippen MR) is 95.4 cm³/mol. The van der Waals surface area contributed by atoms with Crippen LogP contribution in [0.4, 0.5) is 0 Å². The summed E-state index contributed by atoms with van der Waals surface area (Å²) < 4.78 is 10.4. The molecule has 0 heterocycles. The Bertz CT molecular complexity index is 516. The average Bonchev–Trinajstić information content (AvgIpc) is 2.43. The summed E-state index contributed by atoms with van der Waals surface area (Å²) in [5.74, 6) is 1.53. The van der Waals surface area contributed by atoms with Gasteiger partial charge in [-0.2, -0.15) is 12.6 Å². The lowest BCUT2D eigenvalue weighted by atomic mass is 9.89. The molecule has 1 radical (unpaired) electrons. The van der Waals surface area contributed by atoms with Crippen molar-refractivity contribution in [3.8, 4) is 0 Å². The summed E-state index contributed by atoms with van der Waals surface area (Å²) in [6, 6.07) is 7.23. The first kappa shape index (κ1) is 18.9. The molecule has 1 aromatic carbocycles. The molecule has 0 aromatic heterocycles. The molecular weight excluding hydrogens is 295 g/mol. The van der Waals surface area contributed by atoms with E-state index in [0.29, 0.717) is 12.2 Å². The van der Waals surface area contributed by atoms with Gasteiger partial charge in [-0.05, 0) is 52.3 Å². The van der Waals surface area contributed by atoms with Gasteiger partial charge in [0.15, 0.2) is 0 Å². The van der Waals surface area contributed by atoms with Crippen LogP contribution in [0.2, 0.25) is 0 Å². The first-order valence-corrected chi connectivity index (χ1v) is 7.79. The Morgan fingerprint density at radius 3 is 2.32 bits per heavy atom. The Kier molecular flexibility index (Phi) is 6.76. The van der Waals surface area contributed by atoms with E-state index < -0.39 is 0 Å². The van der Waals surface area contributed by atoms with Crippen LogP contribution in [0.1, 0.15) is 50.5 Å². The van der Waals surface area contributed by atoms with E-state index >= 15 is 0 Å². The molecule has 1 rings (SSSR count). The number of hydrogen-bond donors (Lipinski definition) is 1. The van der Waals surface area contributed by atoms with Crippen LogP contribution in [0.3, 0.4) is 0 Å². The van der Waals surface area contributed by atoms with Gasteiger partial charge in [-0.25, -0.2) is 4.79 Å². The fraction of sp³-hybridized carbons (Fsp3) is 0.471. The molecule has 0 aliphatic carbocycles. The van der Waals surface area contributed by atoms with Crippen molar-refractivity contribution in [3.63, 3.8) is 0 Å². The zero-order valence-corrected chi connectivity index (χ0v) is 14.8. The smallest absolute Gasteiger partial charge is 0.338 e. The SMILES string of the molecule is CCOC(=O)c1ccc(/C=C/[B]OC(C)(C)C(C)(C)S)cc1. The largest absolute Gasteiger partial charge is 0.462 e. The first-order chi connectivity index (χ1) is 10.2. The van der Waals surface area contributed by atoms with Crippen molar-refractivity contribution in [2.75, 3.05) is 6.61 Å². The van der Waals surface area contributed by atoms with E-state index in [1.54, 1.807) is 26.5 Å². The highest BCUT2D eigenvalue weighted by Gasteiger charge is 2.33. The molecule has 0 unspecified atom stereocenters. The second-order valence-corrected chi connectivity index (χ2v) is 7.14. The second kappa shape index (κ2) is 7.88. The maximum absolute atomic E-state index is 11.5. The number of hydrogen-bond acceptors (Lipinski definition) is 4. The fourth-order valence-electron chi connectivity index (χ4n) is 1.45. The van der Waals surface area contributed by atoms with Gasteiger partial charge >= 0.3 is 13.5 Å². The van der Waals surface area contributed by atoms with Gasteiger partial charge in [0.25, 0.3) is 0 Å². The molecule has 0 fully saturated rings. The molecule has 5 heteroatoms. The lowest BCUT2D eigenvalue weighted by Gasteiger charge is -2.37. The summed E-state index contributed by atoms with van der Waals surface area (Å²) in [5.41, 5.74) is 1.15. The van der Waals surface area contributed by atoms with Crippen LogP contribution in [0.5, 0.6) is 0 Å². The van der Waals surface area contributed by atoms with Crippen LogP contribution in [-0.4, -0.2) is 30.4 Å². The Morgan fingerprint density at radius 1 is 1.23 bits per heavy atom. The Labute approximate surface area is 139 Å². The Morgan fingerprint density at radius 2 is 1.82 bits per heavy atom. The molecule has 1 aromatic rings. The summed E-state index contributed by atoms with van der Waals surface area (Å²) >= 11 is 4.54. The number of benzene rings is 1. The van der Waals surface area contributed by atoms with E-state index in [0.717, 1.165) is 5.56 Å². The number of carbonyl (C=O) groups is 1. The van der Waals surface area contributed by atoms with Gasteiger partial charge in [0.1, 0.15) is 0 Å². The highest BCUT2D eigenvalue weighted by molar-refractivity contribution is 7.81. The molecule has 0 aliphatic rings. The van der Waals surface area contributed by atoms with Crippen LogP contribution in [0.25, 0.3) is 6.08 Å². The first-order valence-electron chi connectivity index (χ1n) is 7.34. The zero-order valence-electron chi connectivity index (χ0n) is 13.9. The number of carbonyl (C=O) groups excluding carboxylic acids is 1. The van der Waals surface area contributed by atoms with Crippen LogP contribution >= 0.6 is 12.6 Å². The minimum atomic E-state index is -0.381. The van der Waals surface area contributed by atoms with Crippen molar-refractivity contribution in [1.82, 2.24) is 0 Å². The van der Waals surface area contributed by atoms with E-state index in [9.17, 15) is 4.79 Å². The standard InChI is InChI=1S/C17H24BO3S/c1-6-20-15(19)14-9-7-13(8-10-14)11-12-18-21-16(2,3)17(4,5)22/h7-12,22H,6H2,1-5H3/b12-11+. The number of esters is 1. The monoisotopic (exact) mass is 319 g/mol. The third-order valence-electron chi connectivity index (χ3n) is 3.63. The molecule has 0 bridgehead atoms. The van der Waals surface area contributed by atoms with Gasteiger partial charge in [-0.3, -0.25) is 0 Å².